The van der Waals surface area contributed by atoms with Gasteiger partial charge in [-0.2, -0.15) is 13.2 Å². The molecule has 0 bridgehead atoms. The fourth-order valence-corrected chi connectivity index (χ4v) is 2.69. The summed E-state index contributed by atoms with van der Waals surface area (Å²) in [4.78, 5) is 1.41. The molecule has 1 aromatic rings. The average Bonchev–Trinajstić information content (AvgIpc) is 2.48. The zero-order chi connectivity index (χ0) is 17.2. The highest BCUT2D eigenvalue weighted by Gasteiger charge is 2.35. The van der Waals surface area contributed by atoms with E-state index < -0.39 is 53.9 Å². The van der Waals surface area contributed by atoms with Gasteiger partial charge in [0.05, 0.1) is 0 Å². The van der Waals surface area contributed by atoms with Gasteiger partial charge < -0.3 is 5.32 Å². The van der Waals surface area contributed by atoms with Gasteiger partial charge in [0.2, 0.25) is 0 Å². The molecule has 10 heteroatoms. The van der Waals surface area contributed by atoms with Gasteiger partial charge in [-0.15, -0.1) is 12.4 Å². The largest absolute Gasteiger partial charge is 0.389 e. The standard InChI is InChI=1S/C14H15F7N2.ClH/c15-8-7-9(16)13(18)11(12(8)17)10(1-2-14(19,20)21)23-5-3-22-4-6-23;/h7,10,22H,1-6H2;1H/t10-;/m0./s1. The van der Waals surface area contributed by atoms with E-state index in [1.165, 1.54) is 4.90 Å². The predicted molar refractivity (Wildman–Crippen MR) is 76.0 cm³/mol. The lowest BCUT2D eigenvalue weighted by molar-refractivity contribution is -0.138. The molecule has 0 unspecified atom stereocenters. The molecule has 1 aliphatic heterocycles. The summed E-state index contributed by atoms with van der Waals surface area (Å²) < 4.78 is 92.2. The van der Waals surface area contributed by atoms with Gasteiger partial charge in [-0.3, -0.25) is 4.90 Å². The Kier molecular flexibility index (Phi) is 7.30. The van der Waals surface area contributed by atoms with Crippen molar-refractivity contribution in [2.45, 2.75) is 25.1 Å². The minimum atomic E-state index is -4.54. The van der Waals surface area contributed by atoms with Crippen molar-refractivity contribution < 1.29 is 30.7 Å². The van der Waals surface area contributed by atoms with E-state index in [1.54, 1.807) is 0 Å². The van der Waals surface area contributed by atoms with Gasteiger partial charge in [-0.1, -0.05) is 0 Å². The highest BCUT2D eigenvalue weighted by molar-refractivity contribution is 5.85. The number of piperazine rings is 1. The summed E-state index contributed by atoms with van der Waals surface area (Å²) in [5, 5.41) is 2.95. The summed E-state index contributed by atoms with van der Waals surface area (Å²) in [6.07, 6.45) is -6.52. The lowest BCUT2D eigenvalue weighted by atomic mass is 9.97. The van der Waals surface area contributed by atoms with E-state index in [4.69, 9.17) is 0 Å². The molecule has 1 aliphatic rings. The molecule has 1 aromatic carbocycles. The van der Waals surface area contributed by atoms with Crippen molar-refractivity contribution in [2.24, 2.45) is 0 Å². The Morgan fingerprint density at radius 2 is 1.50 bits per heavy atom. The molecular formula is C14H16ClF7N2. The summed E-state index contributed by atoms with van der Waals surface area (Å²) >= 11 is 0. The Labute approximate surface area is 140 Å². The van der Waals surface area contributed by atoms with E-state index in [0.29, 0.717) is 13.1 Å². The molecule has 24 heavy (non-hydrogen) atoms. The number of alkyl halides is 3. The normalized spacial score (nSPS) is 17.5. The number of hydrogen-bond donors (Lipinski definition) is 1. The number of halogens is 8. The van der Waals surface area contributed by atoms with Crippen LogP contribution in [-0.2, 0) is 0 Å². The molecule has 0 spiro atoms. The summed E-state index contributed by atoms with van der Waals surface area (Å²) in [5.41, 5.74) is -0.978. The van der Waals surface area contributed by atoms with E-state index in [0.717, 1.165) is 0 Å². The van der Waals surface area contributed by atoms with Crippen molar-refractivity contribution in [1.29, 1.82) is 0 Å². The highest BCUT2D eigenvalue weighted by Crippen LogP contribution is 2.35. The van der Waals surface area contributed by atoms with E-state index >= 15 is 0 Å². The summed E-state index contributed by atoms with van der Waals surface area (Å²) in [6.45, 7) is 1.26. The third-order valence-electron chi connectivity index (χ3n) is 3.77. The second-order valence-electron chi connectivity index (χ2n) is 5.34. The van der Waals surface area contributed by atoms with Crippen LogP contribution in [0.15, 0.2) is 6.07 Å². The second-order valence-corrected chi connectivity index (χ2v) is 5.34. The van der Waals surface area contributed by atoms with Gasteiger partial charge in [0.25, 0.3) is 0 Å². The summed E-state index contributed by atoms with van der Waals surface area (Å²) in [7, 11) is 0. The topological polar surface area (TPSA) is 15.3 Å². The van der Waals surface area contributed by atoms with Crippen molar-refractivity contribution in [3.63, 3.8) is 0 Å². The molecular weight excluding hydrogens is 365 g/mol. The number of nitrogens with one attached hydrogen (secondary N) is 1. The maximum Gasteiger partial charge on any atom is 0.389 e. The van der Waals surface area contributed by atoms with E-state index in [-0.39, 0.29) is 31.6 Å². The first kappa shape index (κ1) is 21.0. The Morgan fingerprint density at radius 1 is 1.00 bits per heavy atom. The Balaban J connectivity index is 0.00000288. The molecule has 1 N–H and O–H groups in total. The number of nitrogens with zero attached hydrogens (tertiary/aromatic N) is 1. The lowest BCUT2D eigenvalue weighted by Crippen LogP contribution is -2.45. The summed E-state index contributed by atoms with van der Waals surface area (Å²) in [5.74, 6) is -6.53. The van der Waals surface area contributed by atoms with Crippen LogP contribution in [0.25, 0.3) is 0 Å². The Hall–Kier alpha value is -1.06. The van der Waals surface area contributed by atoms with Crippen molar-refractivity contribution in [1.82, 2.24) is 10.2 Å². The molecule has 1 fully saturated rings. The van der Waals surface area contributed by atoms with Crippen LogP contribution in [0.5, 0.6) is 0 Å². The van der Waals surface area contributed by atoms with Crippen LogP contribution >= 0.6 is 12.4 Å². The van der Waals surface area contributed by atoms with Crippen molar-refractivity contribution >= 4 is 12.4 Å². The zero-order valence-corrected chi connectivity index (χ0v) is 13.2. The summed E-state index contributed by atoms with van der Waals surface area (Å²) in [6, 6.07) is -1.34. The second kappa shape index (κ2) is 8.35. The van der Waals surface area contributed by atoms with Crippen LogP contribution < -0.4 is 5.32 Å². The number of rotatable bonds is 4. The van der Waals surface area contributed by atoms with Crippen LogP contribution in [-0.4, -0.2) is 37.3 Å². The van der Waals surface area contributed by atoms with Gasteiger partial charge >= 0.3 is 6.18 Å². The molecule has 0 radical (unpaired) electrons. The van der Waals surface area contributed by atoms with Gasteiger partial charge in [-0.25, -0.2) is 17.6 Å². The molecule has 138 valence electrons. The molecule has 1 atom stereocenters. The first-order valence-corrected chi connectivity index (χ1v) is 7.05. The average molecular weight is 381 g/mol. The van der Waals surface area contributed by atoms with Crippen molar-refractivity contribution in [2.75, 3.05) is 26.2 Å². The Morgan fingerprint density at radius 3 is 1.96 bits per heavy atom. The maximum absolute atomic E-state index is 14.0. The minimum absolute atomic E-state index is 0. The van der Waals surface area contributed by atoms with Gasteiger partial charge in [-0.05, 0) is 6.42 Å². The van der Waals surface area contributed by atoms with Crippen LogP contribution in [0.2, 0.25) is 0 Å². The van der Waals surface area contributed by atoms with Crippen LogP contribution in [0.4, 0.5) is 30.7 Å². The van der Waals surface area contributed by atoms with Crippen molar-refractivity contribution in [3.8, 4) is 0 Å². The zero-order valence-electron chi connectivity index (χ0n) is 12.4. The first-order chi connectivity index (χ1) is 10.7. The highest BCUT2D eigenvalue weighted by atomic mass is 35.5. The lowest BCUT2D eigenvalue weighted by Gasteiger charge is -2.35. The van der Waals surface area contributed by atoms with E-state index in [9.17, 15) is 30.7 Å². The quantitative estimate of drug-likeness (QED) is 0.628. The molecule has 1 heterocycles. The molecule has 1 saturated heterocycles. The molecule has 0 amide bonds. The molecule has 0 aliphatic carbocycles. The number of benzene rings is 1. The van der Waals surface area contributed by atoms with Crippen molar-refractivity contribution in [3.05, 3.63) is 34.9 Å². The van der Waals surface area contributed by atoms with Crippen LogP contribution in [0.1, 0.15) is 24.4 Å². The SMILES string of the molecule is Cl.Fc1cc(F)c(F)c([C@H](CCC(F)(F)F)N2CCNCC2)c1F. The fourth-order valence-electron chi connectivity index (χ4n) is 2.69. The van der Waals surface area contributed by atoms with Gasteiger partial charge in [0.15, 0.2) is 23.3 Å². The fraction of sp³-hybridized carbons (Fsp3) is 0.571. The predicted octanol–water partition coefficient (Wildman–Crippen LogP) is 3.95. The van der Waals surface area contributed by atoms with Gasteiger partial charge in [0, 0.05) is 50.3 Å². The van der Waals surface area contributed by atoms with Crippen LogP contribution in [0, 0.1) is 23.3 Å². The van der Waals surface area contributed by atoms with Gasteiger partial charge in [0.1, 0.15) is 0 Å². The number of hydrogen-bond acceptors (Lipinski definition) is 2. The third kappa shape index (κ3) is 4.97. The molecule has 2 rings (SSSR count). The Bertz CT molecular complexity index is 533. The monoisotopic (exact) mass is 380 g/mol. The molecule has 2 nitrogen and oxygen atoms in total. The maximum atomic E-state index is 14.0. The van der Waals surface area contributed by atoms with Crippen LogP contribution in [0.3, 0.4) is 0 Å². The van der Waals surface area contributed by atoms with E-state index in [1.807, 2.05) is 0 Å². The van der Waals surface area contributed by atoms with E-state index in [2.05, 4.69) is 5.32 Å². The first-order valence-electron chi connectivity index (χ1n) is 7.05. The third-order valence-corrected chi connectivity index (χ3v) is 3.77. The molecule has 0 aromatic heterocycles. The smallest absolute Gasteiger partial charge is 0.314 e. The minimum Gasteiger partial charge on any atom is -0.314 e. The molecule has 0 saturated carbocycles.